The van der Waals surface area contributed by atoms with E-state index in [4.69, 9.17) is 18.7 Å². The molecule has 0 atom stereocenters. The summed E-state index contributed by atoms with van der Waals surface area (Å²) in [6.07, 6.45) is 1.51. The van der Waals surface area contributed by atoms with Crippen LogP contribution in [0, 0.1) is 0 Å². The summed E-state index contributed by atoms with van der Waals surface area (Å²) in [5.74, 6) is 1.86. The lowest BCUT2D eigenvalue weighted by Crippen LogP contribution is -2.23. The van der Waals surface area contributed by atoms with Gasteiger partial charge in [0.05, 0.1) is 27.0 Å². The zero-order valence-corrected chi connectivity index (χ0v) is 17.2. The van der Waals surface area contributed by atoms with Crippen LogP contribution in [0.15, 0.2) is 58.1 Å². The second kappa shape index (κ2) is 8.97. The first-order valence-electron chi connectivity index (χ1n) is 8.87. The quantitative estimate of drug-likeness (QED) is 0.569. The van der Waals surface area contributed by atoms with Gasteiger partial charge in [-0.2, -0.15) is 0 Å². The molecule has 0 saturated heterocycles. The van der Waals surface area contributed by atoms with Crippen LogP contribution >= 0.6 is 0 Å². The Bertz CT molecular complexity index is 1060. The molecule has 0 spiro atoms. The lowest BCUT2D eigenvalue weighted by molar-refractivity contribution is 0.310. The van der Waals surface area contributed by atoms with Crippen LogP contribution in [0.3, 0.4) is 0 Å². The number of sulfonamides is 1. The molecule has 2 aromatic carbocycles. The van der Waals surface area contributed by atoms with Crippen molar-refractivity contribution in [3.05, 3.63) is 54.2 Å². The van der Waals surface area contributed by atoms with E-state index < -0.39 is 10.0 Å². The number of aromatic nitrogens is 1. The molecule has 0 radical (unpaired) electrons. The van der Waals surface area contributed by atoms with E-state index in [0.29, 0.717) is 29.4 Å². The van der Waals surface area contributed by atoms with Crippen LogP contribution in [0.2, 0.25) is 0 Å². The van der Waals surface area contributed by atoms with Crippen molar-refractivity contribution in [3.63, 3.8) is 0 Å². The Morgan fingerprint density at radius 3 is 2.45 bits per heavy atom. The summed E-state index contributed by atoms with van der Waals surface area (Å²) in [6.45, 7) is 2.47. The van der Waals surface area contributed by atoms with Gasteiger partial charge in [0.15, 0.2) is 17.3 Å². The molecule has 1 heterocycles. The maximum absolute atomic E-state index is 12.8. The molecule has 1 aromatic heterocycles. The molecule has 3 rings (SSSR count). The predicted octanol–water partition coefficient (Wildman–Crippen LogP) is 3.24. The highest BCUT2D eigenvalue weighted by Gasteiger charge is 2.21. The zero-order valence-electron chi connectivity index (χ0n) is 16.3. The van der Waals surface area contributed by atoms with Gasteiger partial charge in [0, 0.05) is 18.2 Å². The van der Waals surface area contributed by atoms with Gasteiger partial charge in [-0.15, -0.1) is 0 Å². The fraction of sp³-hybridized carbons (Fsp3) is 0.250. The van der Waals surface area contributed by atoms with Gasteiger partial charge < -0.3 is 18.7 Å². The van der Waals surface area contributed by atoms with Gasteiger partial charge in [0.1, 0.15) is 10.6 Å². The minimum atomic E-state index is -3.82. The third-order valence-corrected chi connectivity index (χ3v) is 5.61. The van der Waals surface area contributed by atoms with Crippen molar-refractivity contribution >= 4 is 10.0 Å². The van der Waals surface area contributed by atoms with Gasteiger partial charge in [0.2, 0.25) is 10.0 Å². The summed E-state index contributed by atoms with van der Waals surface area (Å²) in [5, 5.41) is 3.65. The molecule has 0 aliphatic rings. The summed E-state index contributed by atoms with van der Waals surface area (Å²) < 4.78 is 49.4. The first-order valence-corrected chi connectivity index (χ1v) is 10.3. The van der Waals surface area contributed by atoms with E-state index >= 15 is 0 Å². The molecule has 154 valence electrons. The average molecular weight is 418 g/mol. The average Bonchev–Trinajstić information content (AvgIpc) is 3.27. The van der Waals surface area contributed by atoms with Crippen molar-refractivity contribution in [2.75, 3.05) is 20.8 Å². The molecule has 3 aromatic rings. The lowest BCUT2D eigenvalue weighted by atomic mass is 10.1. The van der Waals surface area contributed by atoms with E-state index in [-0.39, 0.29) is 17.2 Å². The Labute approximate surface area is 169 Å². The SMILES string of the molecule is CCOc1ccc(CNS(=O)(=O)c2ccc(-c3ccno3)cc2OC)cc1OC. The van der Waals surface area contributed by atoms with Crippen LogP contribution in [0.25, 0.3) is 11.3 Å². The van der Waals surface area contributed by atoms with Crippen LogP contribution in [0.5, 0.6) is 17.2 Å². The second-order valence-electron chi connectivity index (χ2n) is 5.99. The van der Waals surface area contributed by atoms with E-state index in [9.17, 15) is 8.42 Å². The van der Waals surface area contributed by atoms with Crippen LogP contribution in [-0.4, -0.2) is 34.4 Å². The van der Waals surface area contributed by atoms with Crippen molar-refractivity contribution in [2.24, 2.45) is 0 Å². The maximum atomic E-state index is 12.8. The number of nitrogens with zero attached hydrogens (tertiary/aromatic N) is 1. The van der Waals surface area contributed by atoms with Gasteiger partial charge >= 0.3 is 0 Å². The Kier molecular flexibility index (Phi) is 6.40. The monoisotopic (exact) mass is 418 g/mol. The Hall–Kier alpha value is -3.04. The fourth-order valence-electron chi connectivity index (χ4n) is 2.76. The highest BCUT2D eigenvalue weighted by Crippen LogP contribution is 2.31. The minimum Gasteiger partial charge on any atom is -0.495 e. The molecule has 8 nitrogen and oxygen atoms in total. The smallest absolute Gasteiger partial charge is 0.244 e. The molecule has 29 heavy (non-hydrogen) atoms. The van der Waals surface area contributed by atoms with Gasteiger partial charge in [0.25, 0.3) is 0 Å². The van der Waals surface area contributed by atoms with Crippen LogP contribution in [0.1, 0.15) is 12.5 Å². The lowest BCUT2D eigenvalue weighted by Gasteiger charge is -2.13. The summed E-state index contributed by atoms with van der Waals surface area (Å²) in [7, 11) is -0.873. The maximum Gasteiger partial charge on any atom is 0.244 e. The summed E-state index contributed by atoms with van der Waals surface area (Å²) in [4.78, 5) is 0.0289. The standard InChI is InChI=1S/C20H22N2O6S/c1-4-27-17-7-5-14(11-18(17)25-2)13-22-29(23,24)20-8-6-15(12-19(20)26-3)16-9-10-21-28-16/h5-12,22H,4,13H2,1-3H3. The molecule has 9 heteroatoms. The van der Waals surface area contributed by atoms with E-state index in [1.807, 2.05) is 6.92 Å². The summed E-state index contributed by atoms with van der Waals surface area (Å²) in [6, 6.07) is 11.6. The highest BCUT2D eigenvalue weighted by atomic mass is 32.2. The van der Waals surface area contributed by atoms with Gasteiger partial charge in [-0.25, -0.2) is 13.1 Å². The molecule has 0 amide bonds. The molecule has 0 bridgehead atoms. The second-order valence-corrected chi connectivity index (χ2v) is 7.72. The Balaban J connectivity index is 1.81. The van der Waals surface area contributed by atoms with Crippen molar-refractivity contribution in [1.29, 1.82) is 0 Å². The molecule has 1 N–H and O–H groups in total. The molecule has 0 saturated carbocycles. The Morgan fingerprint density at radius 2 is 1.79 bits per heavy atom. The van der Waals surface area contributed by atoms with Gasteiger partial charge in [-0.3, -0.25) is 0 Å². The first kappa shape index (κ1) is 20.7. The number of rotatable bonds is 9. The number of nitrogens with one attached hydrogen (secondary N) is 1. The number of hydrogen-bond donors (Lipinski definition) is 1. The van der Waals surface area contributed by atoms with Crippen molar-refractivity contribution in [2.45, 2.75) is 18.4 Å². The largest absolute Gasteiger partial charge is 0.495 e. The van der Waals surface area contributed by atoms with Crippen molar-refractivity contribution < 1.29 is 27.2 Å². The molecule has 0 fully saturated rings. The normalized spacial score (nSPS) is 11.3. The number of methoxy groups -OCH3 is 2. The molecular weight excluding hydrogens is 396 g/mol. The first-order chi connectivity index (χ1) is 14.0. The van der Waals surface area contributed by atoms with E-state index in [0.717, 1.165) is 5.56 Å². The van der Waals surface area contributed by atoms with E-state index in [1.54, 1.807) is 36.4 Å². The number of benzene rings is 2. The van der Waals surface area contributed by atoms with E-state index in [2.05, 4.69) is 9.88 Å². The van der Waals surface area contributed by atoms with Crippen molar-refractivity contribution in [1.82, 2.24) is 9.88 Å². The highest BCUT2D eigenvalue weighted by molar-refractivity contribution is 7.89. The number of hydrogen-bond acceptors (Lipinski definition) is 7. The molecule has 0 unspecified atom stereocenters. The molecule has 0 aliphatic carbocycles. The van der Waals surface area contributed by atoms with Gasteiger partial charge in [-0.1, -0.05) is 11.2 Å². The third kappa shape index (κ3) is 4.69. The molecular formula is C20H22N2O6S. The summed E-state index contributed by atoms with van der Waals surface area (Å²) >= 11 is 0. The van der Waals surface area contributed by atoms with Crippen molar-refractivity contribution in [3.8, 4) is 28.6 Å². The Morgan fingerprint density at radius 1 is 1.00 bits per heavy atom. The molecule has 0 aliphatic heterocycles. The predicted molar refractivity (Wildman–Crippen MR) is 107 cm³/mol. The fourth-order valence-corrected chi connectivity index (χ4v) is 3.93. The topological polar surface area (TPSA) is 99.9 Å². The van der Waals surface area contributed by atoms with Crippen LogP contribution in [0.4, 0.5) is 0 Å². The summed E-state index contributed by atoms with van der Waals surface area (Å²) in [5.41, 5.74) is 1.39. The zero-order chi connectivity index (χ0) is 20.9. The van der Waals surface area contributed by atoms with Crippen LogP contribution in [-0.2, 0) is 16.6 Å². The van der Waals surface area contributed by atoms with Crippen LogP contribution < -0.4 is 18.9 Å². The number of ether oxygens (including phenoxy) is 3. The third-order valence-electron chi connectivity index (χ3n) is 4.17. The van der Waals surface area contributed by atoms with Gasteiger partial charge in [-0.05, 0) is 42.8 Å². The minimum absolute atomic E-state index is 0.0289. The van der Waals surface area contributed by atoms with E-state index in [1.165, 1.54) is 26.5 Å².